The Labute approximate surface area is 126 Å². The molecule has 2 aliphatic rings. The molecule has 21 heavy (non-hydrogen) atoms. The Morgan fingerprint density at radius 2 is 1.95 bits per heavy atom. The van der Waals surface area contributed by atoms with Gasteiger partial charge in [0.25, 0.3) is 0 Å². The van der Waals surface area contributed by atoms with Gasteiger partial charge in [-0.3, -0.25) is 9.69 Å². The highest BCUT2D eigenvalue weighted by Gasteiger charge is 2.45. The lowest BCUT2D eigenvalue weighted by molar-refractivity contribution is -0.143. The smallest absolute Gasteiger partial charge is 0.336 e. The molecule has 1 amide bonds. The van der Waals surface area contributed by atoms with Crippen molar-refractivity contribution in [2.45, 2.75) is 32.2 Å². The molecule has 1 N–H and O–H groups in total. The van der Waals surface area contributed by atoms with Gasteiger partial charge >= 0.3 is 5.97 Å². The SMILES string of the molecule is CCN(C)C1(C(=O)N(C)C2=C(C)C(=O)OC2)CCNCC1. The Kier molecular flexibility index (Phi) is 4.68. The topological polar surface area (TPSA) is 61.9 Å². The molecule has 0 unspecified atom stereocenters. The molecule has 0 aromatic rings. The molecule has 0 radical (unpaired) electrons. The summed E-state index contributed by atoms with van der Waals surface area (Å²) in [7, 11) is 3.74. The number of hydrogen-bond acceptors (Lipinski definition) is 5. The van der Waals surface area contributed by atoms with Crippen LogP contribution in [-0.4, -0.2) is 67.6 Å². The van der Waals surface area contributed by atoms with Crippen LogP contribution >= 0.6 is 0 Å². The molecular weight excluding hydrogens is 270 g/mol. The van der Waals surface area contributed by atoms with Gasteiger partial charge < -0.3 is 15.0 Å². The average Bonchev–Trinajstić information content (AvgIpc) is 2.85. The summed E-state index contributed by atoms with van der Waals surface area (Å²) in [6.45, 7) is 6.44. The molecule has 0 atom stereocenters. The summed E-state index contributed by atoms with van der Waals surface area (Å²) in [5.41, 5.74) is 0.731. The minimum Gasteiger partial charge on any atom is -0.456 e. The molecule has 0 aliphatic carbocycles. The van der Waals surface area contributed by atoms with Crippen LogP contribution in [0.15, 0.2) is 11.3 Å². The molecule has 0 aromatic carbocycles. The van der Waals surface area contributed by atoms with Crippen LogP contribution < -0.4 is 5.32 Å². The number of hydrogen-bond donors (Lipinski definition) is 1. The van der Waals surface area contributed by atoms with Gasteiger partial charge in [0.2, 0.25) is 5.91 Å². The van der Waals surface area contributed by atoms with Gasteiger partial charge in [0, 0.05) is 7.05 Å². The standard InChI is InChI=1S/C15H25N3O3/c1-5-17(3)15(6-8-16-9-7-15)14(20)18(4)12-10-21-13(19)11(12)2/h16H,5-10H2,1-4H3. The van der Waals surface area contributed by atoms with E-state index in [1.165, 1.54) is 0 Å². The van der Waals surface area contributed by atoms with Crippen LogP contribution in [0.4, 0.5) is 0 Å². The van der Waals surface area contributed by atoms with Crippen LogP contribution in [0.2, 0.25) is 0 Å². The van der Waals surface area contributed by atoms with Gasteiger partial charge in [-0.2, -0.15) is 0 Å². The monoisotopic (exact) mass is 295 g/mol. The highest BCUT2D eigenvalue weighted by atomic mass is 16.5. The Hall–Kier alpha value is -1.40. The van der Waals surface area contributed by atoms with Crippen molar-refractivity contribution in [3.05, 3.63) is 11.3 Å². The van der Waals surface area contributed by atoms with Gasteiger partial charge in [-0.25, -0.2) is 4.79 Å². The number of nitrogens with zero attached hydrogens (tertiary/aromatic N) is 2. The van der Waals surface area contributed by atoms with E-state index in [0.29, 0.717) is 11.3 Å². The normalized spacial score (nSPS) is 21.7. The van der Waals surface area contributed by atoms with E-state index in [4.69, 9.17) is 4.74 Å². The first-order valence-corrected chi connectivity index (χ1v) is 7.51. The van der Waals surface area contributed by atoms with E-state index in [0.717, 1.165) is 32.5 Å². The van der Waals surface area contributed by atoms with Crippen LogP contribution in [0.5, 0.6) is 0 Å². The fourth-order valence-electron chi connectivity index (χ4n) is 3.15. The van der Waals surface area contributed by atoms with E-state index in [1.807, 2.05) is 7.05 Å². The summed E-state index contributed by atoms with van der Waals surface area (Å²) in [6, 6.07) is 0. The Morgan fingerprint density at radius 3 is 2.43 bits per heavy atom. The molecule has 118 valence electrons. The third-order valence-corrected chi connectivity index (χ3v) is 4.82. The van der Waals surface area contributed by atoms with Gasteiger partial charge in [-0.15, -0.1) is 0 Å². The molecule has 1 fully saturated rings. The molecule has 6 nitrogen and oxygen atoms in total. The van der Waals surface area contributed by atoms with Crippen molar-refractivity contribution in [1.82, 2.24) is 15.1 Å². The summed E-state index contributed by atoms with van der Waals surface area (Å²) in [5, 5.41) is 3.31. The second-order valence-corrected chi connectivity index (χ2v) is 5.81. The lowest BCUT2D eigenvalue weighted by atomic mass is 9.85. The van der Waals surface area contributed by atoms with E-state index in [1.54, 1.807) is 18.9 Å². The molecule has 0 saturated carbocycles. The third kappa shape index (κ3) is 2.70. The van der Waals surface area contributed by atoms with Gasteiger partial charge in [-0.05, 0) is 46.4 Å². The number of ether oxygens (including phenoxy) is 1. The minimum absolute atomic E-state index is 0.0565. The fourth-order valence-corrected chi connectivity index (χ4v) is 3.15. The second-order valence-electron chi connectivity index (χ2n) is 5.81. The van der Waals surface area contributed by atoms with Gasteiger partial charge in [-0.1, -0.05) is 6.92 Å². The van der Waals surface area contributed by atoms with Crippen molar-refractivity contribution in [3.8, 4) is 0 Å². The van der Waals surface area contributed by atoms with Crippen molar-refractivity contribution in [2.24, 2.45) is 0 Å². The van der Waals surface area contributed by atoms with E-state index in [-0.39, 0.29) is 18.5 Å². The van der Waals surface area contributed by atoms with Crippen LogP contribution in [0, 0.1) is 0 Å². The van der Waals surface area contributed by atoms with Gasteiger partial charge in [0.1, 0.15) is 12.1 Å². The highest BCUT2D eigenvalue weighted by molar-refractivity contribution is 5.94. The number of carbonyl (C=O) groups excluding carboxylic acids is 2. The number of likely N-dealkylation sites (N-methyl/N-ethyl adjacent to an activating group) is 2. The Balaban J connectivity index is 2.28. The van der Waals surface area contributed by atoms with Gasteiger partial charge in [0.05, 0.1) is 11.3 Å². The number of nitrogens with one attached hydrogen (secondary N) is 1. The maximum absolute atomic E-state index is 13.1. The quantitative estimate of drug-likeness (QED) is 0.758. The lowest BCUT2D eigenvalue weighted by Crippen LogP contribution is -2.61. The predicted molar refractivity (Wildman–Crippen MR) is 79.6 cm³/mol. The van der Waals surface area contributed by atoms with Crippen LogP contribution in [-0.2, 0) is 14.3 Å². The number of cyclic esters (lactones) is 1. The molecule has 6 heteroatoms. The van der Waals surface area contributed by atoms with E-state index >= 15 is 0 Å². The zero-order valence-electron chi connectivity index (χ0n) is 13.4. The summed E-state index contributed by atoms with van der Waals surface area (Å²) >= 11 is 0. The van der Waals surface area contributed by atoms with Crippen LogP contribution in [0.25, 0.3) is 0 Å². The number of rotatable bonds is 4. The molecule has 0 bridgehead atoms. The summed E-state index contributed by atoms with van der Waals surface area (Å²) in [5.74, 6) is -0.270. The zero-order valence-corrected chi connectivity index (χ0v) is 13.4. The zero-order chi connectivity index (χ0) is 15.6. The molecule has 2 rings (SSSR count). The van der Waals surface area contributed by atoms with Crippen molar-refractivity contribution in [1.29, 1.82) is 0 Å². The highest BCUT2D eigenvalue weighted by Crippen LogP contribution is 2.30. The van der Waals surface area contributed by atoms with Crippen molar-refractivity contribution in [3.63, 3.8) is 0 Å². The Morgan fingerprint density at radius 1 is 1.33 bits per heavy atom. The maximum atomic E-state index is 13.1. The maximum Gasteiger partial charge on any atom is 0.336 e. The summed E-state index contributed by atoms with van der Waals surface area (Å²) in [6.07, 6.45) is 1.56. The van der Waals surface area contributed by atoms with Gasteiger partial charge in [0.15, 0.2) is 0 Å². The minimum atomic E-state index is -0.492. The predicted octanol–water partition coefficient (Wildman–Crippen LogP) is 0.350. The fraction of sp³-hybridized carbons (Fsp3) is 0.733. The van der Waals surface area contributed by atoms with Crippen molar-refractivity contribution >= 4 is 11.9 Å². The number of carbonyl (C=O) groups is 2. The summed E-state index contributed by atoms with van der Waals surface area (Å²) < 4.78 is 5.02. The second kappa shape index (κ2) is 6.15. The lowest BCUT2D eigenvalue weighted by Gasteiger charge is -2.45. The molecule has 0 aromatic heterocycles. The van der Waals surface area contributed by atoms with Crippen molar-refractivity contribution in [2.75, 3.05) is 40.3 Å². The average molecular weight is 295 g/mol. The molecule has 2 heterocycles. The van der Waals surface area contributed by atoms with Crippen LogP contribution in [0.3, 0.4) is 0 Å². The number of esters is 1. The molecule has 2 aliphatic heterocycles. The van der Waals surface area contributed by atoms with Crippen LogP contribution in [0.1, 0.15) is 26.7 Å². The first-order valence-electron chi connectivity index (χ1n) is 7.51. The van der Waals surface area contributed by atoms with Crippen molar-refractivity contribution < 1.29 is 14.3 Å². The number of piperidine rings is 1. The largest absolute Gasteiger partial charge is 0.456 e. The van der Waals surface area contributed by atoms with E-state index in [2.05, 4.69) is 17.1 Å². The molecule has 1 saturated heterocycles. The molecule has 0 spiro atoms. The van der Waals surface area contributed by atoms with E-state index in [9.17, 15) is 9.59 Å². The number of amides is 1. The first-order chi connectivity index (χ1) is 9.94. The molecular formula is C15H25N3O3. The first kappa shape index (κ1) is 16.0. The third-order valence-electron chi connectivity index (χ3n) is 4.82. The van der Waals surface area contributed by atoms with E-state index < -0.39 is 5.54 Å². The Bertz CT molecular complexity index is 467. The summed E-state index contributed by atoms with van der Waals surface area (Å²) in [4.78, 5) is 28.4.